The molecule has 0 spiro atoms. The molecule has 0 saturated heterocycles. The average molecular weight is 577 g/mol. The van der Waals surface area contributed by atoms with E-state index in [9.17, 15) is 19.8 Å². The lowest BCUT2D eigenvalue weighted by molar-refractivity contribution is -0.121. The predicted molar refractivity (Wildman–Crippen MR) is 158 cm³/mol. The number of amidine groups is 2. The molecule has 1 aliphatic rings. The fourth-order valence-electron chi connectivity index (χ4n) is 4.31. The summed E-state index contributed by atoms with van der Waals surface area (Å²) < 4.78 is 5.74. The smallest absolute Gasteiger partial charge is 0.262 e. The Labute approximate surface area is 241 Å². The largest absolute Gasteiger partial charge is 0.504 e. The van der Waals surface area contributed by atoms with Crippen molar-refractivity contribution in [2.45, 2.75) is 26.3 Å². The maximum absolute atomic E-state index is 12.5. The van der Waals surface area contributed by atoms with Gasteiger partial charge in [-0.05, 0) is 56.3 Å². The molecular formula is C29H29ClN6O5. The lowest BCUT2D eigenvalue weighted by Crippen LogP contribution is -2.42. The summed E-state index contributed by atoms with van der Waals surface area (Å²) in [6.07, 6.45) is -0.0903. The van der Waals surface area contributed by atoms with Crippen LogP contribution in [0, 0.1) is 10.8 Å². The molecule has 0 unspecified atom stereocenters. The van der Waals surface area contributed by atoms with Crippen LogP contribution in [0.25, 0.3) is 0 Å². The van der Waals surface area contributed by atoms with Crippen molar-refractivity contribution in [2.24, 2.45) is 4.99 Å². The first-order valence-corrected chi connectivity index (χ1v) is 13.1. The second-order valence-corrected chi connectivity index (χ2v) is 9.59. The van der Waals surface area contributed by atoms with Crippen LogP contribution in [0.5, 0.6) is 17.2 Å². The van der Waals surface area contributed by atoms with Crippen LogP contribution in [-0.4, -0.2) is 58.6 Å². The molecule has 1 atom stereocenters. The lowest BCUT2D eigenvalue weighted by atomic mass is 9.99. The van der Waals surface area contributed by atoms with Gasteiger partial charge >= 0.3 is 0 Å². The molecule has 12 heteroatoms. The van der Waals surface area contributed by atoms with Crippen LogP contribution in [-0.2, 0) is 9.59 Å². The van der Waals surface area contributed by atoms with E-state index in [2.05, 4.69) is 10.6 Å². The van der Waals surface area contributed by atoms with E-state index in [1.54, 1.807) is 56.3 Å². The number of anilines is 2. The number of carbonyl (C=O) groups excluding carboxylic acids is 2. The number of benzene rings is 3. The Hall–Kier alpha value is -4.90. The summed E-state index contributed by atoms with van der Waals surface area (Å²) in [6, 6.07) is 15.2. The van der Waals surface area contributed by atoms with E-state index in [0.29, 0.717) is 39.8 Å². The number of fused-ring (bicyclic) bond motifs is 1. The number of phenolic OH excluding ortho intramolecular Hbond substituents is 2. The number of nitrogens with zero attached hydrogens (tertiary/aromatic N) is 2. The van der Waals surface area contributed by atoms with E-state index in [1.165, 1.54) is 23.1 Å². The average Bonchev–Trinajstić information content (AvgIpc) is 3.04. The van der Waals surface area contributed by atoms with Crippen LogP contribution in [0.2, 0.25) is 5.02 Å². The topological polar surface area (TPSA) is 171 Å². The quantitative estimate of drug-likeness (QED) is 0.133. The highest BCUT2D eigenvalue weighted by molar-refractivity contribution is 6.31. The van der Waals surface area contributed by atoms with E-state index >= 15 is 0 Å². The number of nitrogens with one attached hydrogen (secondary N) is 4. The first-order chi connectivity index (χ1) is 19.6. The number of aliphatic imine (C=N–C) groups is 1. The SMILES string of the molecule is CCNC(=O)C[C@@H]1N=C(c2ccc(Cl)cc2)c2cc(OCC(=O)Nc3cccc(O)c3O)ccc2N(C(C)=N)C1=N. The van der Waals surface area contributed by atoms with Gasteiger partial charge in [0.2, 0.25) is 5.91 Å². The third kappa shape index (κ3) is 6.64. The van der Waals surface area contributed by atoms with Crippen LogP contribution in [0.15, 0.2) is 65.7 Å². The molecule has 0 radical (unpaired) electrons. The molecule has 11 nitrogen and oxygen atoms in total. The molecule has 0 fully saturated rings. The van der Waals surface area contributed by atoms with Crippen molar-refractivity contribution in [3.63, 3.8) is 0 Å². The van der Waals surface area contributed by atoms with Gasteiger partial charge in [0.1, 0.15) is 23.5 Å². The molecular weight excluding hydrogens is 548 g/mol. The molecule has 0 bridgehead atoms. The number of para-hydroxylation sites is 1. The molecule has 41 heavy (non-hydrogen) atoms. The van der Waals surface area contributed by atoms with E-state index < -0.39 is 24.3 Å². The molecule has 3 aromatic carbocycles. The minimum atomic E-state index is -0.884. The van der Waals surface area contributed by atoms with Gasteiger partial charge in [-0.25, -0.2) is 0 Å². The highest BCUT2D eigenvalue weighted by atomic mass is 35.5. The van der Waals surface area contributed by atoms with Gasteiger partial charge in [0.05, 0.1) is 23.5 Å². The second-order valence-electron chi connectivity index (χ2n) is 9.15. The standard InChI is InChI=1S/C29H29ClN6O5/c1-3-33-25(38)14-22-29(32)36(16(2)31)23-12-11-19(13-20(23)27(35-22)17-7-9-18(30)10-8-17)41-15-26(39)34-21-5-4-6-24(37)28(21)40/h4-13,22,31-32,37,40H,3,14-15H2,1-2H3,(H,33,38)(H,34,39)/t22-/m0/s1. The zero-order valence-corrected chi connectivity index (χ0v) is 23.1. The Balaban J connectivity index is 1.71. The summed E-state index contributed by atoms with van der Waals surface area (Å²) in [5, 5.41) is 42.7. The summed E-state index contributed by atoms with van der Waals surface area (Å²) in [4.78, 5) is 31.3. The number of rotatable bonds is 8. The van der Waals surface area contributed by atoms with E-state index in [-0.39, 0.29) is 35.4 Å². The minimum Gasteiger partial charge on any atom is -0.504 e. The Morgan fingerprint density at radius 1 is 1.10 bits per heavy atom. The number of carbonyl (C=O) groups is 2. The number of hydrogen-bond donors (Lipinski definition) is 6. The Morgan fingerprint density at radius 2 is 1.83 bits per heavy atom. The number of halogens is 1. The number of amides is 2. The Morgan fingerprint density at radius 3 is 2.51 bits per heavy atom. The highest BCUT2D eigenvalue weighted by Crippen LogP contribution is 2.34. The molecule has 1 aliphatic heterocycles. The zero-order chi connectivity index (χ0) is 29.7. The summed E-state index contributed by atoms with van der Waals surface area (Å²) in [6.45, 7) is 3.36. The second kappa shape index (κ2) is 12.5. The van der Waals surface area contributed by atoms with Crippen molar-refractivity contribution >= 4 is 52.2 Å². The van der Waals surface area contributed by atoms with Crippen molar-refractivity contribution in [1.82, 2.24) is 5.32 Å². The summed E-state index contributed by atoms with van der Waals surface area (Å²) in [7, 11) is 0. The summed E-state index contributed by atoms with van der Waals surface area (Å²) in [5.41, 5.74) is 2.16. The van der Waals surface area contributed by atoms with E-state index in [0.717, 1.165) is 0 Å². The summed E-state index contributed by atoms with van der Waals surface area (Å²) >= 11 is 6.13. The first-order valence-electron chi connectivity index (χ1n) is 12.7. The normalized spacial score (nSPS) is 14.4. The van der Waals surface area contributed by atoms with Crippen molar-refractivity contribution < 1.29 is 24.5 Å². The van der Waals surface area contributed by atoms with Gasteiger partial charge in [0, 0.05) is 22.7 Å². The number of benzodiazepines with no additional fused rings is 1. The van der Waals surface area contributed by atoms with Gasteiger partial charge in [-0.1, -0.05) is 29.8 Å². The molecule has 2 amide bonds. The molecule has 0 aromatic heterocycles. The fourth-order valence-corrected chi connectivity index (χ4v) is 4.43. The number of ether oxygens (including phenoxy) is 1. The highest BCUT2D eigenvalue weighted by Gasteiger charge is 2.32. The number of hydrogen-bond acceptors (Lipinski definition) is 8. The van der Waals surface area contributed by atoms with Gasteiger partial charge < -0.3 is 25.6 Å². The molecule has 0 aliphatic carbocycles. The van der Waals surface area contributed by atoms with Crippen molar-refractivity contribution in [2.75, 3.05) is 23.4 Å². The molecule has 4 rings (SSSR count). The molecule has 0 saturated carbocycles. The van der Waals surface area contributed by atoms with E-state index in [1.807, 2.05) is 0 Å². The van der Waals surface area contributed by atoms with Gasteiger partial charge in [-0.3, -0.25) is 30.3 Å². The van der Waals surface area contributed by atoms with Crippen molar-refractivity contribution in [3.8, 4) is 17.2 Å². The summed E-state index contributed by atoms with van der Waals surface area (Å²) in [5.74, 6) is -1.35. The third-order valence-electron chi connectivity index (χ3n) is 6.17. The lowest BCUT2D eigenvalue weighted by Gasteiger charge is -2.26. The van der Waals surface area contributed by atoms with Crippen LogP contribution in [0.1, 0.15) is 31.4 Å². The third-order valence-corrected chi connectivity index (χ3v) is 6.42. The van der Waals surface area contributed by atoms with Crippen LogP contribution in [0.3, 0.4) is 0 Å². The first kappa shape index (κ1) is 29.1. The zero-order valence-electron chi connectivity index (χ0n) is 22.4. The monoisotopic (exact) mass is 576 g/mol. The van der Waals surface area contributed by atoms with Crippen molar-refractivity contribution in [3.05, 3.63) is 76.8 Å². The van der Waals surface area contributed by atoms with Crippen LogP contribution < -0.4 is 20.3 Å². The molecule has 3 aromatic rings. The maximum atomic E-state index is 12.5. The molecule has 212 valence electrons. The van der Waals surface area contributed by atoms with E-state index in [4.69, 9.17) is 32.1 Å². The minimum absolute atomic E-state index is 0.0338. The van der Waals surface area contributed by atoms with Crippen molar-refractivity contribution in [1.29, 1.82) is 10.8 Å². The Kier molecular flexibility index (Phi) is 8.88. The van der Waals surface area contributed by atoms with Crippen LogP contribution >= 0.6 is 11.6 Å². The van der Waals surface area contributed by atoms with Crippen LogP contribution in [0.4, 0.5) is 11.4 Å². The number of phenols is 2. The predicted octanol–water partition coefficient (Wildman–Crippen LogP) is 4.30. The van der Waals surface area contributed by atoms with Gasteiger partial charge in [0.25, 0.3) is 5.91 Å². The maximum Gasteiger partial charge on any atom is 0.262 e. The number of aromatic hydroxyl groups is 2. The van der Waals surface area contributed by atoms with Gasteiger partial charge in [-0.2, -0.15) is 0 Å². The van der Waals surface area contributed by atoms with Gasteiger partial charge in [0.15, 0.2) is 18.1 Å². The Bertz CT molecular complexity index is 1540. The molecule has 1 heterocycles. The fraction of sp³-hybridized carbons (Fsp3) is 0.207. The molecule has 6 N–H and O–H groups in total. The van der Waals surface area contributed by atoms with Gasteiger partial charge in [-0.15, -0.1) is 0 Å².